The third kappa shape index (κ3) is 2.66. The van der Waals surface area contributed by atoms with E-state index in [4.69, 9.17) is 0 Å². The van der Waals surface area contributed by atoms with Gasteiger partial charge in [-0.3, -0.25) is 4.79 Å². The van der Waals surface area contributed by atoms with Crippen molar-refractivity contribution >= 4 is 0 Å². The van der Waals surface area contributed by atoms with Gasteiger partial charge >= 0.3 is 0 Å². The molecule has 0 saturated carbocycles. The summed E-state index contributed by atoms with van der Waals surface area (Å²) in [6, 6.07) is 11.2. The van der Waals surface area contributed by atoms with Crippen molar-refractivity contribution < 1.29 is 5.11 Å². The highest BCUT2D eigenvalue weighted by atomic mass is 16.3. The Hall–Kier alpha value is -2.80. The van der Waals surface area contributed by atoms with Gasteiger partial charge in [-0.2, -0.15) is 5.10 Å². The topological polar surface area (TPSA) is 85.8 Å². The summed E-state index contributed by atoms with van der Waals surface area (Å²) >= 11 is 0. The summed E-state index contributed by atoms with van der Waals surface area (Å²) in [6.07, 6.45) is 1.54. The van der Waals surface area contributed by atoms with Crippen molar-refractivity contribution in [3.05, 3.63) is 64.2 Å². The lowest BCUT2D eigenvalue weighted by molar-refractivity contribution is 0.269. The molecule has 1 N–H and O–H groups in total. The lowest BCUT2D eigenvalue weighted by Crippen LogP contribution is -2.18. The normalized spacial score (nSPS) is 10.8. The van der Waals surface area contributed by atoms with Gasteiger partial charge in [0.1, 0.15) is 5.69 Å². The van der Waals surface area contributed by atoms with Crippen LogP contribution in [-0.2, 0) is 20.2 Å². The molecule has 7 heteroatoms. The van der Waals surface area contributed by atoms with E-state index < -0.39 is 0 Å². The summed E-state index contributed by atoms with van der Waals surface area (Å²) in [6.45, 7) is 0.284. The fourth-order valence-corrected chi connectivity index (χ4v) is 2.20. The van der Waals surface area contributed by atoms with E-state index in [1.165, 1.54) is 16.9 Å². The third-order valence-electron chi connectivity index (χ3n) is 3.40. The van der Waals surface area contributed by atoms with E-state index in [2.05, 4.69) is 15.4 Å². The van der Waals surface area contributed by atoms with E-state index >= 15 is 0 Å². The predicted molar refractivity (Wildman–Crippen MR) is 80.0 cm³/mol. The molecule has 0 amide bonds. The quantitative estimate of drug-likeness (QED) is 0.761. The molecule has 3 aromatic rings. The molecule has 1 aromatic carbocycles. The Labute approximate surface area is 126 Å². The number of benzene rings is 1. The highest BCUT2D eigenvalue weighted by Crippen LogP contribution is 2.19. The van der Waals surface area contributed by atoms with E-state index in [1.54, 1.807) is 11.7 Å². The first-order valence-electron chi connectivity index (χ1n) is 6.80. The largest absolute Gasteiger partial charge is 0.390 e. The number of hydrogen-bond acceptors (Lipinski definition) is 5. The minimum absolute atomic E-state index is 0.218. The lowest BCUT2D eigenvalue weighted by atomic mass is 10.1. The van der Waals surface area contributed by atoms with Gasteiger partial charge in [-0.15, -0.1) is 5.10 Å². The van der Waals surface area contributed by atoms with E-state index in [0.29, 0.717) is 23.5 Å². The molecule has 22 heavy (non-hydrogen) atoms. The summed E-state index contributed by atoms with van der Waals surface area (Å²) in [5.41, 5.74) is 2.39. The Morgan fingerprint density at radius 2 is 2.00 bits per heavy atom. The molecule has 0 radical (unpaired) electrons. The Kier molecular flexibility index (Phi) is 3.80. The number of aliphatic hydroxyl groups excluding tert-OH is 1. The van der Waals surface area contributed by atoms with Crippen LogP contribution in [0.3, 0.4) is 0 Å². The van der Waals surface area contributed by atoms with Gasteiger partial charge in [-0.25, -0.2) is 9.36 Å². The van der Waals surface area contributed by atoms with Crippen molar-refractivity contribution in [1.82, 2.24) is 24.8 Å². The smallest absolute Gasteiger partial charge is 0.267 e. The summed E-state index contributed by atoms with van der Waals surface area (Å²) in [7, 11) is 1.57. The summed E-state index contributed by atoms with van der Waals surface area (Å²) < 4.78 is 2.86. The van der Waals surface area contributed by atoms with Crippen molar-refractivity contribution in [2.45, 2.75) is 13.2 Å². The zero-order valence-corrected chi connectivity index (χ0v) is 12.0. The van der Waals surface area contributed by atoms with Crippen LogP contribution in [0.15, 0.2) is 47.4 Å². The van der Waals surface area contributed by atoms with Gasteiger partial charge in [0.05, 0.1) is 25.0 Å². The highest BCUT2D eigenvalue weighted by Gasteiger charge is 2.15. The number of aromatic nitrogens is 5. The van der Waals surface area contributed by atoms with Crippen LogP contribution >= 0.6 is 0 Å². The van der Waals surface area contributed by atoms with Gasteiger partial charge in [0.2, 0.25) is 0 Å². The molecule has 0 aliphatic heterocycles. The molecule has 0 saturated heterocycles. The second kappa shape index (κ2) is 5.90. The first-order chi connectivity index (χ1) is 10.7. The van der Waals surface area contributed by atoms with E-state index in [1.807, 2.05) is 30.3 Å². The SMILES string of the molecule is Cn1ncc(-c2nnn(Cc3ccccc3)c2CO)cc1=O. The van der Waals surface area contributed by atoms with Crippen LogP contribution in [0.2, 0.25) is 0 Å². The first kappa shape index (κ1) is 14.2. The highest BCUT2D eigenvalue weighted by molar-refractivity contribution is 5.59. The van der Waals surface area contributed by atoms with Gasteiger partial charge in [0.15, 0.2) is 0 Å². The van der Waals surface area contributed by atoms with Crippen molar-refractivity contribution in [1.29, 1.82) is 0 Å². The summed E-state index contributed by atoms with van der Waals surface area (Å²) in [5.74, 6) is 0. The lowest BCUT2D eigenvalue weighted by Gasteiger charge is -2.06. The minimum Gasteiger partial charge on any atom is -0.390 e. The maximum atomic E-state index is 11.7. The minimum atomic E-state index is -0.237. The molecule has 0 aliphatic rings. The third-order valence-corrected chi connectivity index (χ3v) is 3.40. The van der Waals surface area contributed by atoms with Crippen LogP contribution in [0.5, 0.6) is 0 Å². The zero-order valence-electron chi connectivity index (χ0n) is 12.0. The van der Waals surface area contributed by atoms with Gasteiger partial charge < -0.3 is 5.11 Å². The van der Waals surface area contributed by atoms with Crippen LogP contribution in [-0.4, -0.2) is 29.9 Å². The molecular weight excluding hydrogens is 282 g/mol. The molecule has 0 aliphatic carbocycles. The van der Waals surface area contributed by atoms with Gasteiger partial charge in [-0.1, -0.05) is 35.5 Å². The van der Waals surface area contributed by atoms with Crippen LogP contribution in [0.25, 0.3) is 11.3 Å². The molecule has 0 fully saturated rings. The molecule has 0 bridgehead atoms. The van der Waals surface area contributed by atoms with Crippen LogP contribution in [0, 0.1) is 0 Å². The molecule has 0 unspecified atom stereocenters. The molecular formula is C15H15N5O2. The Morgan fingerprint density at radius 1 is 1.23 bits per heavy atom. The first-order valence-corrected chi connectivity index (χ1v) is 6.80. The van der Waals surface area contributed by atoms with Gasteiger partial charge in [0.25, 0.3) is 5.56 Å². The average Bonchev–Trinajstić information content (AvgIpc) is 2.93. The molecule has 3 rings (SSSR count). The molecule has 0 atom stereocenters. The summed E-state index contributed by atoms with van der Waals surface area (Å²) in [4.78, 5) is 11.7. The summed E-state index contributed by atoms with van der Waals surface area (Å²) in [5, 5.41) is 21.8. The number of aryl methyl sites for hydroxylation is 1. The van der Waals surface area contributed by atoms with Crippen LogP contribution in [0.1, 0.15) is 11.3 Å². The number of rotatable bonds is 4. The molecule has 112 valence electrons. The van der Waals surface area contributed by atoms with E-state index in [-0.39, 0.29) is 12.2 Å². The van der Waals surface area contributed by atoms with E-state index in [9.17, 15) is 9.90 Å². The number of nitrogens with zero attached hydrogens (tertiary/aromatic N) is 5. The molecule has 0 spiro atoms. The maximum absolute atomic E-state index is 11.7. The second-order valence-corrected chi connectivity index (χ2v) is 4.89. The Morgan fingerprint density at radius 3 is 2.68 bits per heavy atom. The van der Waals surface area contributed by atoms with E-state index in [0.717, 1.165) is 5.56 Å². The predicted octanol–water partition coefficient (Wildman–Crippen LogP) is 0.579. The number of aliphatic hydroxyl groups is 1. The fraction of sp³-hybridized carbons (Fsp3) is 0.200. The van der Waals surface area contributed by atoms with Gasteiger partial charge in [0, 0.05) is 18.7 Å². The fourth-order valence-electron chi connectivity index (χ4n) is 2.20. The van der Waals surface area contributed by atoms with Crippen molar-refractivity contribution in [2.24, 2.45) is 7.05 Å². The van der Waals surface area contributed by atoms with Crippen molar-refractivity contribution in [3.8, 4) is 11.3 Å². The maximum Gasteiger partial charge on any atom is 0.267 e. The Bertz CT molecular complexity index is 839. The van der Waals surface area contributed by atoms with Crippen molar-refractivity contribution in [2.75, 3.05) is 0 Å². The zero-order chi connectivity index (χ0) is 15.5. The van der Waals surface area contributed by atoms with Gasteiger partial charge in [-0.05, 0) is 5.56 Å². The monoisotopic (exact) mass is 297 g/mol. The molecule has 7 nitrogen and oxygen atoms in total. The second-order valence-electron chi connectivity index (χ2n) is 4.89. The van der Waals surface area contributed by atoms with Crippen molar-refractivity contribution in [3.63, 3.8) is 0 Å². The molecule has 2 heterocycles. The molecule has 2 aromatic heterocycles. The Balaban J connectivity index is 2.00. The standard InChI is InChI=1S/C15H15N5O2/c1-19-14(22)7-12(8-16-19)15-13(10-21)20(18-17-15)9-11-5-3-2-4-6-11/h2-8,21H,9-10H2,1H3. The number of hydrogen-bond donors (Lipinski definition) is 1. The van der Waals surface area contributed by atoms with Crippen LogP contribution in [0.4, 0.5) is 0 Å². The van der Waals surface area contributed by atoms with Crippen LogP contribution < -0.4 is 5.56 Å². The average molecular weight is 297 g/mol.